The zero-order valence-electron chi connectivity index (χ0n) is 25.9. The molecule has 0 radical (unpaired) electrons. The molecule has 4 fully saturated rings. The maximum absolute atomic E-state index is 4.72. The topological polar surface area (TPSA) is 12.0 Å². The fourth-order valence-electron chi connectivity index (χ4n) is 9.58. The standard InChI is InChI=1S/C12H10.C10H16N.C9H13.C6H7Ge.CH3.Ti/c1-3-7-11(8-4-1)12-9-5-2-6-10-12;11-10-4-7-1-8(5-10)3-9(2-7)6-10;1-6-5-7(2)9(4)8(6)3;7-6-4-2-1-3-5-6;;/h1-10H;7-9,11H,1-6H2;6H,1-4H3;1-5H,7H2;1H3;/q;-1;;;;+1. The fraction of sp³-hybridized carbons (Fsp3) is 0.421. The first kappa shape index (κ1) is 29.4. The van der Waals surface area contributed by atoms with Crippen LogP contribution in [0.3, 0.4) is 0 Å². The van der Waals surface area contributed by atoms with E-state index in [2.05, 4.69) is 112 Å². The molecule has 1 nitrogen and oxygen atoms in total. The van der Waals surface area contributed by atoms with Crippen molar-refractivity contribution in [2.75, 3.05) is 0 Å². The van der Waals surface area contributed by atoms with Crippen molar-refractivity contribution in [1.29, 1.82) is 0 Å². The van der Waals surface area contributed by atoms with Crippen molar-refractivity contribution in [2.45, 2.75) is 77.0 Å². The Labute approximate surface area is 257 Å². The van der Waals surface area contributed by atoms with Crippen molar-refractivity contribution in [2.24, 2.45) is 23.7 Å². The van der Waals surface area contributed by atoms with Gasteiger partial charge >= 0.3 is 187 Å². The first-order valence-electron chi connectivity index (χ1n) is 16.1. The average molecular weight is 640 g/mol. The van der Waals surface area contributed by atoms with Gasteiger partial charge in [-0.25, -0.2) is 0 Å². The van der Waals surface area contributed by atoms with Crippen molar-refractivity contribution < 1.29 is 14.6 Å². The number of hydrogen-bond donors (Lipinski definition) is 1. The molecule has 0 saturated heterocycles. The maximum atomic E-state index is 4.72. The third-order valence-corrected chi connectivity index (χ3v) is 33.1. The van der Waals surface area contributed by atoms with Crippen molar-refractivity contribution in [3.8, 4) is 11.1 Å². The largest absolute Gasteiger partial charge is 0.0622 e. The van der Waals surface area contributed by atoms with Crippen LogP contribution in [0.15, 0.2) is 112 Å². The average Bonchev–Trinajstić information content (AvgIpc) is 3.16. The molecule has 3 aromatic carbocycles. The Morgan fingerprint density at radius 1 is 0.659 bits per heavy atom. The summed E-state index contributed by atoms with van der Waals surface area (Å²) in [6.45, 7) is 9.76. The van der Waals surface area contributed by atoms with Gasteiger partial charge in [-0.15, -0.1) is 0 Å². The molecular weight excluding hydrogens is 591 g/mol. The SMILES string of the molecule is CC1=C(C)C(C)[C]([Ti]([CH3])([NH]C23CC4CC(CC(C4)C2)C3)[GeH2][c]2ccccc2)=C1C.c1ccc(-c2ccccc2)cc1. The third kappa shape index (κ3) is 6.21. The Morgan fingerprint density at radius 3 is 1.51 bits per heavy atom. The second kappa shape index (κ2) is 12.2. The summed E-state index contributed by atoms with van der Waals surface area (Å²) >= 11 is -3.23. The minimum atomic E-state index is -2.34. The second-order valence-corrected chi connectivity index (χ2v) is 37.1. The molecule has 0 aliphatic heterocycles. The summed E-state index contributed by atoms with van der Waals surface area (Å²) in [6.07, 6.45) is 9.10. The van der Waals surface area contributed by atoms with Crippen LogP contribution in [0.2, 0.25) is 5.23 Å². The minimum absolute atomic E-state index is 0.501. The van der Waals surface area contributed by atoms with Crippen molar-refractivity contribution in [3.63, 3.8) is 0 Å². The molecule has 4 bridgehead atoms. The van der Waals surface area contributed by atoms with Crippen LogP contribution >= 0.6 is 0 Å². The summed E-state index contributed by atoms with van der Waals surface area (Å²) in [5.74, 6) is 3.77. The Bertz CT molecular complexity index is 1340. The van der Waals surface area contributed by atoms with Gasteiger partial charge < -0.3 is 0 Å². The molecule has 3 aromatic rings. The first-order valence-corrected chi connectivity index (χ1v) is 27.9. The van der Waals surface area contributed by atoms with Crippen LogP contribution in [0.1, 0.15) is 66.2 Å². The summed E-state index contributed by atoms with van der Waals surface area (Å²) in [5.41, 5.74) is 7.98. The van der Waals surface area contributed by atoms with E-state index in [-0.39, 0.29) is 0 Å². The van der Waals surface area contributed by atoms with Gasteiger partial charge in [0.1, 0.15) is 0 Å². The van der Waals surface area contributed by atoms with E-state index in [1.807, 2.05) is 16.0 Å². The first-order chi connectivity index (χ1) is 19.8. The van der Waals surface area contributed by atoms with E-state index in [1.54, 1.807) is 40.4 Å². The van der Waals surface area contributed by atoms with Crippen molar-refractivity contribution in [1.82, 2.24) is 3.80 Å². The number of nitrogens with one attached hydrogen (secondary N) is 1. The van der Waals surface area contributed by atoms with E-state index in [1.165, 1.54) is 30.4 Å². The maximum Gasteiger partial charge on any atom is -0.0184 e. The third-order valence-electron chi connectivity index (χ3n) is 11.1. The molecule has 0 aromatic heterocycles. The molecule has 0 heterocycles. The monoisotopic (exact) mass is 641 g/mol. The van der Waals surface area contributed by atoms with Gasteiger partial charge in [0.25, 0.3) is 0 Å². The second-order valence-electron chi connectivity index (χ2n) is 14.1. The normalized spacial score (nSPS) is 30.1. The molecule has 5 aliphatic carbocycles. The molecular formula is C38H49GeNTi. The van der Waals surface area contributed by atoms with Gasteiger partial charge in [-0.3, -0.25) is 0 Å². The van der Waals surface area contributed by atoms with Crippen LogP contribution in [-0.4, -0.2) is 18.1 Å². The van der Waals surface area contributed by atoms with Gasteiger partial charge in [0.2, 0.25) is 0 Å². The van der Waals surface area contributed by atoms with Gasteiger partial charge in [-0.2, -0.15) is 0 Å². The van der Waals surface area contributed by atoms with Crippen LogP contribution in [0, 0.1) is 23.7 Å². The van der Waals surface area contributed by atoms with E-state index in [9.17, 15) is 0 Å². The van der Waals surface area contributed by atoms with E-state index in [4.69, 9.17) is 3.80 Å². The molecule has 214 valence electrons. The Kier molecular flexibility index (Phi) is 8.73. The zero-order chi connectivity index (χ0) is 28.6. The smallest absolute Gasteiger partial charge is 0.0184 e. The van der Waals surface area contributed by atoms with E-state index in [0.717, 1.165) is 17.8 Å². The van der Waals surface area contributed by atoms with E-state index < -0.39 is 27.2 Å². The molecule has 8 rings (SSSR count). The van der Waals surface area contributed by atoms with Gasteiger partial charge in [0.15, 0.2) is 0 Å². The van der Waals surface area contributed by atoms with Crippen molar-refractivity contribution in [3.05, 3.63) is 112 Å². The van der Waals surface area contributed by atoms with Gasteiger partial charge in [0.05, 0.1) is 0 Å². The summed E-state index contributed by atoms with van der Waals surface area (Å²) in [4.78, 5) is 0. The van der Waals surface area contributed by atoms with Gasteiger partial charge in [-0.1, -0.05) is 60.7 Å². The van der Waals surface area contributed by atoms with Gasteiger partial charge in [0, 0.05) is 0 Å². The predicted octanol–water partition coefficient (Wildman–Crippen LogP) is 8.68. The number of hydrogen-bond acceptors (Lipinski definition) is 1. The number of allylic oxidation sites excluding steroid dienone is 4. The summed E-state index contributed by atoms with van der Waals surface area (Å²) in [6, 6.07) is 32.4. The van der Waals surface area contributed by atoms with Crippen LogP contribution in [-0.2, 0) is 14.6 Å². The summed E-state index contributed by atoms with van der Waals surface area (Å²) in [5, 5.41) is 2.80. The molecule has 0 spiro atoms. The Morgan fingerprint density at radius 2 is 1.10 bits per heavy atom. The van der Waals surface area contributed by atoms with E-state index in [0.29, 0.717) is 11.5 Å². The quantitative estimate of drug-likeness (QED) is 0.266. The Balaban J connectivity index is 0.000000210. The van der Waals surface area contributed by atoms with Crippen LogP contribution in [0.5, 0.6) is 0 Å². The number of benzene rings is 3. The molecule has 2 atom stereocenters. The summed E-state index contributed by atoms with van der Waals surface area (Å²) in [7, 11) is 0. The molecule has 1 N–H and O–H groups in total. The molecule has 41 heavy (non-hydrogen) atoms. The minimum Gasteiger partial charge on any atom is -0.0622 e. The van der Waals surface area contributed by atoms with Gasteiger partial charge in [-0.05, 0) is 11.1 Å². The zero-order valence-corrected chi connectivity index (χ0v) is 30.4. The molecule has 4 saturated carbocycles. The van der Waals surface area contributed by atoms with Crippen molar-refractivity contribution >= 4 is 17.0 Å². The molecule has 3 heteroatoms. The number of rotatable bonds is 6. The summed E-state index contributed by atoms with van der Waals surface area (Å²) < 4.78 is 8.38. The molecule has 2 unspecified atom stereocenters. The Hall–Kier alpha value is -1.64. The van der Waals surface area contributed by atoms with Crippen LogP contribution < -0.4 is 8.19 Å². The molecule has 5 aliphatic rings. The fourth-order valence-corrected chi connectivity index (χ4v) is 37.9. The van der Waals surface area contributed by atoms with Crippen LogP contribution in [0.25, 0.3) is 11.1 Å². The van der Waals surface area contributed by atoms with E-state index >= 15 is 0 Å². The molecule has 0 amide bonds. The predicted molar refractivity (Wildman–Crippen MR) is 177 cm³/mol. The van der Waals surface area contributed by atoms with Crippen LogP contribution in [0.4, 0.5) is 0 Å².